The van der Waals surface area contributed by atoms with Crippen LogP contribution in [0.4, 0.5) is 4.79 Å². The van der Waals surface area contributed by atoms with E-state index in [1.807, 2.05) is 37.4 Å². The fourth-order valence-corrected chi connectivity index (χ4v) is 6.30. The average molecular weight is 367 g/mol. The maximum Gasteiger partial charge on any atom is 0.317 e. The summed E-state index contributed by atoms with van der Waals surface area (Å²) in [6, 6.07) is 10.2. The standard InChI is InChI=1S/C22H29N3O2/c1-25(14-19-10-20(24-27-19)18-5-3-2-4-6-18)21(26)23-22-11-15-7-16(12-22)9-17(8-15)13-22/h2-6,15-17,19H,7-14H2,1H3,(H,23,26)/t15?,16?,17?,19-,22?/m1/s1. The van der Waals surface area contributed by atoms with Crippen LogP contribution < -0.4 is 5.32 Å². The molecule has 4 aliphatic carbocycles. The Balaban J connectivity index is 1.16. The van der Waals surface area contributed by atoms with E-state index in [0.29, 0.717) is 6.54 Å². The third kappa shape index (κ3) is 3.32. The van der Waals surface area contributed by atoms with Gasteiger partial charge in [0.15, 0.2) is 6.10 Å². The molecule has 4 fully saturated rings. The zero-order chi connectivity index (χ0) is 18.4. The van der Waals surface area contributed by atoms with Gasteiger partial charge in [-0.1, -0.05) is 35.5 Å². The summed E-state index contributed by atoms with van der Waals surface area (Å²) >= 11 is 0. The molecule has 5 aliphatic rings. The number of oxime groups is 1. The van der Waals surface area contributed by atoms with Gasteiger partial charge in [0.2, 0.25) is 0 Å². The molecule has 27 heavy (non-hydrogen) atoms. The van der Waals surface area contributed by atoms with Crippen molar-refractivity contribution < 1.29 is 9.63 Å². The van der Waals surface area contributed by atoms with Crippen LogP contribution in [0.1, 0.15) is 50.5 Å². The van der Waals surface area contributed by atoms with Crippen molar-refractivity contribution in [3.05, 3.63) is 35.9 Å². The fourth-order valence-electron chi connectivity index (χ4n) is 6.30. The van der Waals surface area contributed by atoms with E-state index in [-0.39, 0.29) is 17.7 Å². The minimum atomic E-state index is -0.0627. The van der Waals surface area contributed by atoms with Gasteiger partial charge >= 0.3 is 6.03 Å². The summed E-state index contributed by atoms with van der Waals surface area (Å²) in [5.74, 6) is 2.51. The van der Waals surface area contributed by atoms with Gasteiger partial charge in [0, 0.05) is 19.0 Å². The highest BCUT2D eigenvalue weighted by atomic mass is 16.6. The number of hydrogen-bond donors (Lipinski definition) is 1. The second-order valence-corrected chi connectivity index (χ2v) is 9.34. The molecule has 0 saturated heterocycles. The van der Waals surface area contributed by atoms with Gasteiger partial charge in [-0.15, -0.1) is 0 Å². The second-order valence-electron chi connectivity index (χ2n) is 9.34. The molecule has 0 radical (unpaired) electrons. The molecule has 1 heterocycles. The first-order chi connectivity index (χ1) is 13.1. The van der Waals surface area contributed by atoms with Gasteiger partial charge < -0.3 is 15.1 Å². The number of amides is 2. The normalized spacial score (nSPS) is 36.3. The number of likely N-dealkylation sites (N-methyl/N-ethyl adjacent to an activating group) is 1. The van der Waals surface area contributed by atoms with Crippen LogP contribution in [0.3, 0.4) is 0 Å². The number of nitrogens with zero attached hydrogens (tertiary/aromatic N) is 2. The van der Waals surface area contributed by atoms with E-state index < -0.39 is 0 Å². The molecule has 0 unspecified atom stereocenters. The molecule has 6 rings (SSSR count). The minimum Gasteiger partial charge on any atom is -0.390 e. The Morgan fingerprint density at radius 3 is 2.41 bits per heavy atom. The Morgan fingerprint density at radius 1 is 1.15 bits per heavy atom. The first-order valence-electron chi connectivity index (χ1n) is 10.4. The van der Waals surface area contributed by atoms with Gasteiger partial charge in [-0.25, -0.2) is 4.79 Å². The molecule has 4 saturated carbocycles. The highest BCUT2D eigenvalue weighted by Crippen LogP contribution is 2.55. The lowest BCUT2D eigenvalue weighted by atomic mass is 9.53. The molecule has 0 aromatic heterocycles. The summed E-state index contributed by atoms with van der Waals surface area (Å²) in [7, 11) is 1.87. The monoisotopic (exact) mass is 367 g/mol. The fraction of sp³-hybridized carbons (Fsp3) is 0.636. The predicted octanol–water partition coefficient (Wildman–Crippen LogP) is 3.79. The molecule has 2 amide bonds. The van der Waals surface area contributed by atoms with E-state index in [1.165, 1.54) is 38.5 Å². The van der Waals surface area contributed by atoms with E-state index in [4.69, 9.17) is 4.84 Å². The van der Waals surface area contributed by atoms with E-state index in [2.05, 4.69) is 10.5 Å². The number of urea groups is 1. The SMILES string of the molecule is CN(C[C@H]1CC(c2ccccc2)=NO1)C(=O)NC12CC3CC(CC(C3)C1)C2. The number of carbonyl (C=O) groups excluding carboxylic acids is 1. The van der Waals surface area contributed by atoms with Crippen LogP contribution in [0.2, 0.25) is 0 Å². The summed E-state index contributed by atoms with van der Waals surface area (Å²) in [5, 5.41) is 7.67. The van der Waals surface area contributed by atoms with Crippen molar-refractivity contribution >= 4 is 11.7 Å². The van der Waals surface area contributed by atoms with Crippen molar-refractivity contribution in [1.82, 2.24) is 10.2 Å². The van der Waals surface area contributed by atoms with Crippen molar-refractivity contribution in [2.75, 3.05) is 13.6 Å². The highest BCUT2D eigenvalue weighted by Gasteiger charge is 2.51. The summed E-state index contributed by atoms with van der Waals surface area (Å²) in [6.07, 6.45) is 8.40. The molecule has 1 N–H and O–H groups in total. The Kier molecular flexibility index (Phi) is 4.14. The zero-order valence-electron chi connectivity index (χ0n) is 16.1. The third-order valence-corrected chi connectivity index (χ3v) is 7.07. The largest absolute Gasteiger partial charge is 0.390 e. The van der Waals surface area contributed by atoms with Crippen molar-refractivity contribution in [3.8, 4) is 0 Å². The van der Waals surface area contributed by atoms with E-state index in [0.717, 1.165) is 35.4 Å². The van der Waals surface area contributed by atoms with Crippen molar-refractivity contribution in [1.29, 1.82) is 0 Å². The van der Waals surface area contributed by atoms with Crippen molar-refractivity contribution in [2.24, 2.45) is 22.9 Å². The topological polar surface area (TPSA) is 53.9 Å². The average Bonchev–Trinajstić information content (AvgIpc) is 3.09. The first-order valence-corrected chi connectivity index (χ1v) is 10.4. The molecule has 5 heteroatoms. The van der Waals surface area contributed by atoms with E-state index in [1.54, 1.807) is 4.90 Å². The molecule has 5 nitrogen and oxygen atoms in total. The smallest absolute Gasteiger partial charge is 0.317 e. The number of benzene rings is 1. The predicted molar refractivity (Wildman–Crippen MR) is 105 cm³/mol. The molecule has 1 atom stereocenters. The Hall–Kier alpha value is -2.04. The summed E-state index contributed by atoms with van der Waals surface area (Å²) < 4.78 is 0. The summed E-state index contributed by atoms with van der Waals surface area (Å²) in [6.45, 7) is 0.567. The molecule has 0 spiro atoms. The lowest BCUT2D eigenvalue weighted by molar-refractivity contribution is -0.0163. The van der Waals surface area contributed by atoms with Crippen LogP contribution in [0.15, 0.2) is 35.5 Å². The van der Waals surface area contributed by atoms with Crippen LogP contribution in [-0.4, -0.2) is 41.9 Å². The van der Waals surface area contributed by atoms with Gasteiger partial charge in [0.25, 0.3) is 0 Å². The number of carbonyl (C=O) groups is 1. The number of rotatable bonds is 4. The number of hydrogen-bond acceptors (Lipinski definition) is 3. The molecule has 1 aromatic carbocycles. The van der Waals surface area contributed by atoms with Crippen molar-refractivity contribution in [2.45, 2.75) is 56.6 Å². The van der Waals surface area contributed by atoms with E-state index >= 15 is 0 Å². The highest BCUT2D eigenvalue weighted by molar-refractivity contribution is 6.01. The van der Waals surface area contributed by atoms with Gasteiger partial charge in [-0.2, -0.15) is 0 Å². The molecule has 144 valence electrons. The van der Waals surface area contributed by atoms with Crippen LogP contribution in [0.5, 0.6) is 0 Å². The second kappa shape index (κ2) is 6.54. The Morgan fingerprint density at radius 2 is 1.78 bits per heavy atom. The van der Waals surface area contributed by atoms with Gasteiger partial charge in [0.1, 0.15) is 0 Å². The van der Waals surface area contributed by atoms with Gasteiger partial charge in [0.05, 0.1) is 12.3 Å². The van der Waals surface area contributed by atoms with Gasteiger partial charge in [-0.3, -0.25) is 0 Å². The maximum atomic E-state index is 12.9. The summed E-state index contributed by atoms with van der Waals surface area (Å²) in [4.78, 5) is 20.3. The molecule has 4 bridgehead atoms. The molecular weight excluding hydrogens is 338 g/mol. The summed E-state index contributed by atoms with van der Waals surface area (Å²) in [5.41, 5.74) is 2.12. The van der Waals surface area contributed by atoms with Crippen LogP contribution >= 0.6 is 0 Å². The maximum absolute atomic E-state index is 12.9. The van der Waals surface area contributed by atoms with Crippen molar-refractivity contribution in [3.63, 3.8) is 0 Å². The van der Waals surface area contributed by atoms with Crippen LogP contribution in [0, 0.1) is 17.8 Å². The quantitative estimate of drug-likeness (QED) is 0.880. The number of nitrogens with one attached hydrogen (secondary N) is 1. The Bertz CT molecular complexity index is 710. The molecular formula is C22H29N3O2. The van der Waals surface area contributed by atoms with Gasteiger partial charge in [-0.05, 0) is 61.8 Å². The zero-order valence-corrected chi connectivity index (χ0v) is 16.1. The lowest BCUT2D eigenvalue weighted by Gasteiger charge is -2.57. The van der Waals surface area contributed by atoms with Crippen LogP contribution in [-0.2, 0) is 4.84 Å². The first kappa shape index (κ1) is 17.1. The molecule has 1 aromatic rings. The lowest BCUT2D eigenvalue weighted by Crippen LogP contribution is -2.61. The van der Waals surface area contributed by atoms with Crippen LogP contribution in [0.25, 0.3) is 0 Å². The minimum absolute atomic E-state index is 0.0497. The van der Waals surface area contributed by atoms with E-state index in [9.17, 15) is 4.79 Å². The Labute approximate surface area is 161 Å². The molecule has 1 aliphatic heterocycles. The third-order valence-electron chi connectivity index (χ3n) is 7.07.